The van der Waals surface area contributed by atoms with Gasteiger partial charge in [-0.1, -0.05) is 0 Å². The van der Waals surface area contributed by atoms with Crippen LogP contribution in [-0.2, 0) is 12.8 Å². The summed E-state index contributed by atoms with van der Waals surface area (Å²) >= 11 is 1.60. The van der Waals surface area contributed by atoms with Gasteiger partial charge in [-0.25, -0.2) is 4.79 Å². The molecule has 1 aliphatic heterocycles. The molecule has 0 bridgehead atoms. The Morgan fingerprint density at radius 1 is 1.05 bits per heavy atom. The van der Waals surface area contributed by atoms with Crippen LogP contribution in [0.2, 0.25) is 0 Å². The molecule has 0 aromatic carbocycles. The highest BCUT2D eigenvalue weighted by molar-refractivity contribution is 7.16. The molecule has 4 N–H and O–H groups in total. The molecule has 0 fully saturated rings. The molecular formula is C14H14N4O3S. The lowest BCUT2D eigenvalue weighted by Crippen LogP contribution is -2.40. The summed E-state index contributed by atoms with van der Waals surface area (Å²) < 4.78 is 0. The molecule has 1 atom stereocenters. The predicted octanol–water partition coefficient (Wildman–Crippen LogP) is 0.858. The van der Waals surface area contributed by atoms with Crippen LogP contribution < -0.4 is 21.9 Å². The number of aromatic amines is 2. The first kappa shape index (κ1) is 13.3. The molecule has 22 heavy (non-hydrogen) atoms. The number of carbonyl (C=O) groups excluding carboxylic acids is 1. The van der Waals surface area contributed by atoms with Gasteiger partial charge in [-0.15, -0.1) is 11.3 Å². The van der Waals surface area contributed by atoms with Crippen LogP contribution in [0.1, 0.15) is 45.5 Å². The molecule has 0 saturated carbocycles. The Hall–Kier alpha value is -2.35. The zero-order valence-corrected chi connectivity index (χ0v) is 12.4. The van der Waals surface area contributed by atoms with Crippen LogP contribution in [0.4, 0.5) is 5.00 Å². The highest BCUT2D eigenvalue weighted by Crippen LogP contribution is 2.41. The van der Waals surface area contributed by atoms with Crippen molar-refractivity contribution >= 4 is 22.2 Å². The van der Waals surface area contributed by atoms with Crippen molar-refractivity contribution in [3.8, 4) is 0 Å². The van der Waals surface area contributed by atoms with Gasteiger partial charge in [0.25, 0.3) is 11.5 Å². The molecular weight excluding hydrogens is 304 g/mol. The van der Waals surface area contributed by atoms with Gasteiger partial charge in [0.05, 0.1) is 11.3 Å². The summed E-state index contributed by atoms with van der Waals surface area (Å²) in [6.07, 6.45) is 3.60. The van der Waals surface area contributed by atoms with Gasteiger partial charge in [0.15, 0.2) is 0 Å². The lowest BCUT2D eigenvalue weighted by atomic mass is 9.94. The van der Waals surface area contributed by atoms with E-state index in [-0.39, 0.29) is 5.91 Å². The lowest BCUT2D eigenvalue weighted by Gasteiger charge is -2.26. The van der Waals surface area contributed by atoms with Crippen molar-refractivity contribution in [1.82, 2.24) is 15.3 Å². The first-order valence-electron chi connectivity index (χ1n) is 7.17. The van der Waals surface area contributed by atoms with Gasteiger partial charge in [-0.2, -0.15) is 0 Å². The molecule has 4 rings (SSSR count). The second-order valence-corrected chi connectivity index (χ2v) is 6.61. The third kappa shape index (κ3) is 2.07. The first-order valence-corrected chi connectivity index (χ1v) is 7.99. The Balaban J connectivity index is 1.76. The van der Waals surface area contributed by atoms with Crippen molar-refractivity contribution in [3.05, 3.63) is 48.6 Å². The quantitative estimate of drug-likeness (QED) is 0.625. The molecule has 1 amide bonds. The van der Waals surface area contributed by atoms with Crippen molar-refractivity contribution in [2.75, 3.05) is 5.32 Å². The largest absolute Gasteiger partial charge is 0.351 e. The zero-order valence-electron chi connectivity index (χ0n) is 11.6. The number of amides is 1. The minimum Gasteiger partial charge on any atom is -0.351 e. The smallest absolute Gasteiger partial charge is 0.326 e. The lowest BCUT2D eigenvalue weighted by molar-refractivity contribution is 0.0934. The second kappa shape index (κ2) is 4.84. The van der Waals surface area contributed by atoms with Crippen LogP contribution in [-0.4, -0.2) is 15.9 Å². The number of rotatable bonds is 1. The summed E-state index contributed by atoms with van der Waals surface area (Å²) in [4.78, 5) is 41.2. The van der Waals surface area contributed by atoms with E-state index in [9.17, 15) is 14.4 Å². The number of anilines is 1. The summed E-state index contributed by atoms with van der Waals surface area (Å²) in [7, 11) is 0. The van der Waals surface area contributed by atoms with E-state index in [1.54, 1.807) is 11.3 Å². The van der Waals surface area contributed by atoms with E-state index in [2.05, 4.69) is 20.6 Å². The molecule has 2 aliphatic rings. The number of nitrogens with one attached hydrogen (secondary N) is 4. The van der Waals surface area contributed by atoms with E-state index >= 15 is 0 Å². The van der Waals surface area contributed by atoms with Gasteiger partial charge in [0, 0.05) is 10.9 Å². The Kier molecular flexibility index (Phi) is 2.93. The predicted molar refractivity (Wildman–Crippen MR) is 82.5 cm³/mol. The zero-order chi connectivity index (χ0) is 15.3. The van der Waals surface area contributed by atoms with Crippen molar-refractivity contribution in [2.24, 2.45) is 0 Å². The molecule has 0 unspecified atom stereocenters. The summed E-state index contributed by atoms with van der Waals surface area (Å²) in [5, 5.41) is 6.85. The average molecular weight is 318 g/mol. The molecule has 0 saturated heterocycles. The molecule has 0 spiro atoms. The van der Waals surface area contributed by atoms with Gasteiger partial charge < -0.3 is 15.6 Å². The Labute approximate surface area is 128 Å². The number of carbonyl (C=O) groups is 1. The third-order valence-corrected chi connectivity index (χ3v) is 5.26. The maximum absolute atomic E-state index is 12.4. The van der Waals surface area contributed by atoms with Crippen LogP contribution in [0.25, 0.3) is 0 Å². The van der Waals surface area contributed by atoms with E-state index in [0.717, 1.165) is 41.8 Å². The summed E-state index contributed by atoms with van der Waals surface area (Å²) in [5.74, 6) is -0.153. The molecule has 2 aromatic rings. The number of aromatic nitrogens is 2. The van der Waals surface area contributed by atoms with Gasteiger partial charge in [0.1, 0.15) is 11.2 Å². The molecule has 3 heterocycles. The molecule has 1 aliphatic carbocycles. The molecule has 0 radical (unpaired) electrons. The van der Waals surface area contributed by atoms with Crippen molar-refractivity contribution in [1.29, 1.82) is 0 Å². The number of fused-ring (bicyclic) bond motifs is 3. The topological polar surface area (TPSA) is 107 Å². The normalized spacial score (nSPS) is 19.8. The number of hydrogen-bond donors (Lipinski definition) is 4. The van der Waals surface area contributed by atoms with E-state index in [4.69, 9.17) is 0 Å². The highest BCUT2D eigenvalue weighted by atomic mass is 32.1. The summed E-state index contributed by atoms with van der Waals surface area (Å²) in [6, 6.07) is 1.28. The Bertz CT molecular complexity index is 851. The van der Waals surface area contributed by atoms with Gasteiger partial charge >= 0.3 is 5.69 Å². The van der Waals surface area contributed by atoms with Crippen molar-refractivity contribution in [3.63, 3.8) is 0 Å². The van der Waals surface area contributed by atoms with Crippen LogP contribution in [0, 0.1) is 0 Å². The van der Waals surface area contributed by atoms with E-state index in [1.165, 1.54) is 10.9 Å². The van der Waals surface area contributed by atoms with Crippen LogP contribution >= 0.6 is 11.3 Å². The van der Waals surface area contributed by atoms with E-state index in [0.29, 0.717) is 5.69 Å². The average Bonchev–Trinajstić information content (AvgIpc) is 2.84. The monoisotopic (exact) mass is 318 g/mol. The molecule has 2 aromatic heterocycles. The third-order valence-electron chi connectivity index (χ3n) is 4.04. The SMILES string of the molecule is O=C1N[C@H](c2cc(=O)[nH]c(=O)[nH]2)Nc2sc3c(c21)CCCC3. The standard InChI is InChI=1S/C14H14N4O3S/c19-9-5-7(15-14(21)16-9)11-17-12(20)10-6-3-1-2-4-8(6)22-13(10)18-11/h5,11,18H,1-4H2,(H,17,20)(H2,15,16,19,21)/t11-/m0/s1. The fourth-order valence-corrected chi connectivity index (χ4v) is 4.39. The number of thiophene rings is 1. The van der Waals surface area contributed by atoms with Crippen molar-refractivity contribution in [2.45, 2.75) is 31.8 Å². The fraction of sp³-hybridized carbons (Fsp3) is 0.357. The molecule has 114 valence electrons. The summed E-state index contributed by atoms with van der Waals surface area (Å²) in [5.41, 5.74) is 1.14. The van der Waals surface area contributed by atoms with Crippen LogP contribution in [0.5, 0.6) is 0 Å². The fourth-order valence-electron chi connectivity index (χ4n) is 3.08. The highest BCUT2D eigenvalue weighted by Gasteiger charge is 2.32. The minimum atomic E-state index is -0.602. The van der Waals surface area contributed by atoms with Gasteiger partial charge in [0.2, 0.25) is 0 Å². The molecule has 8 heteroatoms. The maximum atomic E-state index is 12.4. The van der Waals surface area contributed by atoms with Crippen LogP contribution in [0.15, 0.2) is 15.7 Å². The van der Waals surface area contributed by atoms with E-state index < -0.39 is 17.4 Å². The van der Waals surface area contributed by atoms with Gasteiger partial charge in [-0.05, 0) is 31.2 Å². The van der Waals surface area contributed by atoms with Crippen molar-refractivity contribution < 1.29 is 4.79 Å². The Morgan fingerprint density at radius 3 is 2.68 bits per heavy atom. The van der Waals surface area contributed by atoms with Gasteiger partial charge in [-0.3, -0.25) is 14.6 Å². The maximum Gasteiger partial charge on any atom is 0.326 e. The first-order chi connectivity index (χ1) is 10.6. The molecule has 7 nitrogen and oxygen atoms in total. The number of H-pyrrole nitrogens is 2. The minimum absolute atomic E-state index is 0.153. The Morgan fingerprint density at radius 2 is 1.86 bits per heavy atom. The number of hydrogen-bond acceptors (Lipinski definition) is 5. The summed E-state index contributed by atoms with van der Waals surface area (Å²) in [6.45, 7) is 0. The second-order valence-electron chi connectivity index (χ2n) is 5.51. The van der Waals surface area contributed by atoms with Crippen LogP contribution in [0.3, 0.4) is 0 Å². The van der Waals surface area contributed by atoms with E-state index in [1.807, 2.05) is 0 Å². The number of aryl methyl sites for hydroxylation is 1.